The van der Waals surface area contributed by atoms with Gasteiger partial charge in [-0.05, 0) is 80.8 Å². The number of piperidine rings is 1. The lowest BCUT2D eigenvalue weighted by atomic mass is 9.89. The molecule has 4 rings (SSSR count). The minimum absolute atomic E-state index is 0.0301. The van der Waals surface area contributed by atoms with Crippen molar-refractivity contribution >= 4 is 17.2 Å². The minimum atomic E-state index is -0.899. The Balaban J connectivity index is 1.72. The Morgan fingerprint density at radius 1 is 1.37 bits per heavy atom. The molecule has 27 heavy (non-hydrogen) atoms. The van der Waals surface area contributed by atoms with Crippen LogP contribution in [0.5, 0.6) is 0 Å². The van der Waals surface area contributed by atoms with Gasteiger partial charge in [0.25, 0.3) is 0 Å². The van der Waals surface area contributed by atoms with Crippen molar-refractivity contribution in [2.24, 2.45) is 5.92 Å². The predicted octanol–water partition coefficient (Wildman–Crippen LogP) is 4.58. The molecular formula is C23H30N2O2. The van der Waals surface area contributed by atoms with Crippen molar-refractivity contribution in [3.63, 3.8) is 0 Å². The molecule has 1 aromatic carbocycles. The van der Waals surface area contributed by atoms with Crippen LogP contribution in [0.25, 0.3) is 5.57 Å². The second kappa shape index (κ2) is 6.52. The number of hydrogen-bond acceptors (Lipinski definition) is 3. The van der Waals surface area contributed by atoms with Gasteiger partial charge in [0.15, 0.2) is 0 Å². The second-order valence-corrected chi connectivity index (χ2v) is 8.97. The van der Waals surface area contributed by atoms with E-state index in [1.807, 2.05) is 6.20 Å². The number of aryl methyl sites for hydroxylation is 1. The Labute approximate surface area is 162 Å². The first kappa shape index (κ1) is 18.3. The first-order valence-electron chi connectivity index (χ1n) is 10.1. The number of rotatable bonds is 4. The summed E-state index contributed by atoms with van der Waals surface area (Å²) in [4.78, 5) is 16.5. The molecular weight excluding hydrogens is 336 g/mol. The van der Waals surface area contributed by atoms with E-state index in [0.717, 1.165) is 49.6 Å². The number of carboxylic acid groups (broad SMARTS) is 1. The van der Waals surface area contributed by atoms with Crippen molar-refractivity contribution < 1.29 is 9.90 Å². The van der Waals surface area contributed by atoms with E-state index in [1.165, 1.54) is 24.0 Å². The monoisotopic (exact) mass is 366 g/mol. The van der Waals surface area contributed by atoms with Crippen LogP contribution in [0.2, 0.25) is 0 Å². The molecule has 1 aromatic rings. The van der Waals surface area contributed by atoms with Gasteiger partial charge in [0.1, 0.15) is 0 Å². The zero-order chi connectivity index (χ0) is 19.3. The zero-order valence-corrected chi connectivity index (χ0v) is 16.7. The molecule has 0 aromatic heterocycles. The van der Waals surface area contributed by atoms with Gasteiger partial charge in [0.2, 0.25) is 0 Å². The summed E-state index contributed by atoms with van der Waals surface area (Å²) in [6.07, 6.45) is 6.59. The van der Waals surface area contributed by atoms with Crippen LogP contribution < -0.4 is 4.90 Å². The molecule has 1 aliphatic carbocycles. The van der Waals surface area contributed by atoms with Crippen LogP contribution in [-0.4, -0.2) is 34.6 Å². The quantitative estimate of drug-likeness (QED) is 0.847. The molecule has 0 unspecified atom stereocenters. The van der Waals surface area contributed by atoms with E-state index in [-0.39, 0.29) is 5.54 Å². The Bertz CT molecular complexity index is 835. The van der Waals surface area contributed by atoms with E-state index in [2.05, 4.69) is 49.3 Å². The van der Waals surface area contributed by atoms with E-state index < -0.39 is 5.97 Å². The SMILES string of the molecule is C=C1C(C(=O)O)=CN(C2(C)CC2)c2cc(CN3CCC[C@H](C)C3)c(C)cc21. The van der Waals surface area contributed by atoms with Gasteiger partial charge in [-0.25, -0.2) is 4.79 Å². The van der Waals surface area contributed by atoms with Gasteiger partial charge in [0.05, 0.1) is 5.57 Å². The molecule has 2 heterocycles. The fourth-order valence-corrected chi connectivity index (χ4v) is 4.50. The number of anilines is 1. The molecule has 1 saturated heterocycles. The maximum absolute atomic E-state index is 11.8. The molecule has 0 bridgehead atoms. The highest BCUT2D eigenvalue weighted by Gasteiger charge is 2.45. The van der Waals surface area contributed by atoms with E-state index in [1.54, 1.807) is 0 Å². The molecule has 0 radical (unpaired) electrons. The average molecular weight is 367 g/mol. The number of hydrogen-bond donors (Lipinski definition) is 1. The molecule has 0 spiro atoms. The molecule has 2 fully saturated rings. The van der Waals surface area contributed by atoms with Gasteiger partial charge >= 0.3 is 5.97 Å². The van der Waals surface area contributed by atoms with Crippen LogP contribution in [-0.2, 0) is 11.3 Å². The third-order valence-corrected chi connectivity index (χ3v) is 6.54. The van der Waals surface area contributed by atoms with E-state index in [9.17, 15) is 9.90 Å². The first-order chi connectivity index (χ1) is 12.8. The van der Waals surface area contributed by atoms with Crippen molar-refractivity contribution in [3.8, 4) is 0 Å². The molecule has 4 nitrogen and oxygen atoms in total. The summed E-state index contributed by atoms with van der Waals surface area (Å²) in [5, 5.41) is 9.64. The summed E-state index contributed by atoms with van der Waals surface area (Å²) in [7, 11) is 0. The van der Waals surface area contributed by atoms with Crippen LogP contribution in [0, 0.1) is 12.8 Å². The molecule has 3 aliphatic rings. The minimum Gasteiger partial charge on any atom is -0.478 e. The van der Waals surface area contributed by atoms with Crippen molar-refractivity contribution in [2.75, 3.05) is 18.0 Å². The lowest BCUT2D eigenvalue weighted by Gasteiger charge is -2.36. The third-order valence-electron chi connectivity index (χ3n) is 6.54. The summed E-state index contributed by atoms with van der Waals surface area (Å²) in [6.45, 7) is 14.1. The molecule has 2 aliphatic heterocycles. The standard InChI is InChI=1S/C23H30N2O2/c1-15-6-5-9-24(12-15)13-18-11-21-19(10-16(18)2)17(3)20(22(26)27)14-25(21)23(4)7-8-23/h10-11,14-15H,3,5-9,12-13H2,1-2,4H3,(H,26,27)/t15-/m0/s1. The number of benzene rings is 1. The summed E-state index contributed by atoms with van der Waals surface area (Å²) in [6, 6.07) is 4.43. The number of nitrogens with zero attached hydrogens (tertiary/aromatic N) is 2. The van der Waals surface area contributed by atoms with Crippen LogP contribution in [0.3, 0.4) is 0 Å². The maximum atomic E-state index is 11.8. The maximum Gasteiger partial charge on any atom is 0.337 e. The Kier molecular flexibility index (Phi) is 4.42. The molecule has 1 saturated carbocycles. The van der Waals surface area contributed by atoms with Gasteiger partial charge in [-0.15, -0.1) is 0 Å². The molecule has 0 amide bonds. The Morgan fingerprint density at radius 2 is 2.11 bits per heavy atom. The summed E-state index contributed by atoms with van der Waals surface area (Å²) < 4.78 is 0. The molecule has 1 atom stereocenters. The van der Waals surface area contributed by atoms with Crippen LogP contribution in [0.15, 0.2) is 30.5 Å². The van der Waals surface area contributed by atoms with Crippen LogP contribution in [0.1, 0.15) is 56.2 Å². The lowest BCUT2D eigenvalue weighted by molar-refractivity contribution is -0.132. The van der Waals surface area contributed by atoms with Crippen molar-refractivity contribution in [1.29, 1.82) is 0 Å². The number of likely N-dealkylation sites (tertiary alicyclic amines) is 1. The topological polar surface area (TPSA) is 43.8 Å². The van der Waals surface area contributed by atoms with E-state index in [4.69, 9.17) is 0 Å². The highest BCUT2D eigenvalue weighted by atomic mass is 16.4. The van der Waals surface area contributed by atoms with E-state index in [0.29, 0.717) is 11.1 Å². The molecule has 4 heteroatoms. The van der Waals surface area contributed by atoms with Gasteiger partial charge in [0, 0.05) is 36.1 Å². The van der Waals surface area contributed by atoms with Crippen molar-refractivity contribution in [3.05, 3.63) is 47.2 Å². The molecule has 144 valence electrons. The van der Waals surface area contributed by atoms with Gasteiger partial charge in [-0.1, -0.05) is 13.5 Å². The summed E-state index contributed by atoms with van der Waals surface area (Å²) in [5.74, 6) is -0.136. The number of carbonyl (C=O) groups is 1. The predicted molar refractivity (Wildman–Crippen MR) is 110 cm³/mol. The van der Waals surface area contributed by atoms with Gasteiger partial charge < -0.3 is 10.0 Å². The Hall–Kier alpha value is -2.07. The number of carboxylic acids is 1. The summed E-state index contributed by atoms with van der Waals surface area (Å²) >= 11 is 0. The van der Waals surface area contributed by atoms with Crippen molar-refractivity contribution in [2.45, 2.75) is 58.5 Å². The average Bonchev–Trinajstić information content (AvgIpc) is 3.35. The normalized spacial score (nSPS) is 24.4. The zero-order valence-electron chi connectivity index (χ0n) is 16.7. The number of aliphatic carboxylic acids is 1. The van der Waals surface area contributed by atoms with E-state index >= 15 is 0 Å². The molecule has 1 N–H and O–H groups in total. The fourth-order valence-electron chi connectivity index (χ4n) is 4.50. The summed E-state index contributed by atoms with van der Waals surface area (Å²) in [5.41, 5.74) is 5.62. The van der Waals surface area contributed by atoms with Crippen molar-refractivity contribution in [1.82, 2.24) is 4.90 Å². The largest absolute Gasteiger partial charge is 0.478 e. The van der Waals surface area contributed by atoms with Crippen LogP contribution >= 0.6 is 0 Å². The number of fused-ring (bicyclic) bond motifs is 1. The third kappa shape index (κ3) is 3.31. The second-order valence-electron chi connectivity index (χ2n) is 8.97. The Morgan fingerprint density at radius 3 is 2.74 bits per heavy atom. The van der Waals surface area contributed by atoms with Crippen LogP contribution in [0.4, 0.5) is 5.69 Å². The van der Waals surface area contributed by atoms with Gasteiger partial charge in [-0.3, -0.25) is 4.90 Å². The lowest BCUT2D eigenvalue weighted by Crippen LogP contribution is -2.35. The first-order valence-corrected chi connectivity index (χ1v) is 10.1. The highest BCUT2D eigenvalue weighted by Crippen LogP contribution is 2.49. The smallest absolute Gasteiger partial charge is 0.337 e. The fraction of sp³-hybridized carbons (Fsp3) is 0.522. The van der Waals surface area contributed by atoms with Gasteiger partial charge in [-0.2, -0.15) is 0 Å². The highest BCUT2D eigenvalue weighted by molar-refractivity contribution is 6.08.